The van der Waals surface area contributed by atoms with Crippen molar-refractivity contribution < 1.29 is 4.79 Å². The highest BCUT2D eigenvalue weighted by Gasteiger charge is 2.16. The standard InChI is InChI=1S/C25H21ClN4OS/c1-2-16-30-24(19-12-14-20(26)15-13-19)28-29-25(30)32-17-23(31)27-22-11-7-6-10-21(22)18-8-4-3-5-9-18/h2-15H,1,16-17H2,(H,27,31). The molecule has 0 saturated carbocycles. The summed E-state index contributed by atoms with van der Waals surface area (Å²) in [5.74, 6) is 0.803. The normalized spacial score (nSPS) is 10.7. The van der Waals surface area contributed by atoms with Crippen LogP contribution in [0.25, 0.3) is 22.5 Å². The summed E-state index contributed by atoms with van der Waals surface area (Å²) in [5.41, 5.74) is 3.70. The Morgan fingerprint density at radius 3 is 2.44 bits per heavy atom. The van der Waals surface area contributed by atoms with Gasteiger partial charge in [0, 0.05) is 28.4 Å². The Labute approximate surface area is 196 Å². The molecule has 0 aliphatic rings. The second-order valence-electron chi connectivity index (χ2n) is 6.96. The first kappa shape index (κ1) is 21.9. The van der Waals surface area contributed by atoms with Gasteiger partial charge in [0.2, 0.25) is 5.91 Å². The zero-order valence-electron chi connectivity index (χ0n) is 17.2. The van der Waals surface area contributed by atoms with Crippen molar-refractivity contribution in [3.05, 3.63) is 96.5 Å². The average Bonchev–Trinajstić information content (AvgIpc) is 3.22. The van der Waals surface area contributed by atoms with E-state index in [9.17, 15) is 4.79 Å². The van der Waals surface area contributed by atoms with E-state index in [1.165, 1.54) is 11.8 Å². The third-order valence-electron chi connectivity index (χ3n) is 4.75. The molecule has 7 heteroatoms. The maximum Gasteiger partial charge on any atom is 0.234 e. The Bertz CT molecular complexity index is 1220. The van der Waals surface area contributed by atoms with E-state index in [0.717, 1.165) is 22.4 Å². The van der Waals surface area contributed by atoms with Crippen LogP contribution in [0.4, 0.5) is 5.69 Å². The van der Waals surface area contributed by atoms with Crippen LogP contribution >= 0.6 is 23.4 Å². The molecule has 0 aliphatic heterocycles. The van der Waals surface area contributed by atoms with Crippen molar-refractivity contribution in [3.8, 4) is 22.5 Å². The smallest absolute Gasteiger partial charge is 0.234 e. The third kappa shape index (κ3) is 5.10. The van der Waals surface area contributed by atoms with Crippen LogP contribution in [0.5, 0.6) is 0 Å². The summed E-state index contributed by atoms with van der Waals surface area (Å²) >= 11 is 7.34. The van der Waals surface area contributed by atoms with Crippen LogP contribution in [0, 0.1) is 0 Å². The molecule has 3 aromatic carbocycles. The molecule has 1 amide bonds. The van der Waals surface area contributed by atoms with Crippen LogP contribution in [-0.2, 0) is 11.3 Å². The van der Waals surface area contributed by atoms with Gasteiger partial charge >= 0.3 is 0 Å². The molecule has 0 aliphatic carbocycles. The second-order valence-corrected chi connectivity index (χ2v) is 8.34. The molecule has 0 bridgehead atoms. The lowest BCUT2D eigenvalue weighted by molar-refractivity contribution is -0.113. The van der Waals surface area contributed by atoms with Gasteiger partial charge in [-0.05, 0) is 35.9 Å². The first-order valence-corrected chi connectivity index (χ1v) is 11.4. The minimum absolute atomic E-state index is 0.112. The SMILES string of the molecule is C=CCn1c(SCC(=O)Nc2ccccc2-c2ccccc2)nnc1-c1ccc(Cl)cc1. The largest absolute Gasteiger partial charge is 0.325 e. The maximum atomic E-state index is 12.7. The number of para-hydroxylation sites is 1. The topological polar surface area (TPSA) is 59.8 Å². The summed E-state index contributed by atoms with van der Waals surface area (Å²) in [6, 6.07) is 25.2. The third-order valence-corrected chi connectivity index (χ3v) is 5.97. The molecular weight excluding hydrogens is 440 g/mol. The Balaban J connectivity index is 1.48. The number of carbonyl (C=O) groups excluding carboxylic acids is 1. The van der Waals surface area contributed by atoms with Gasteiger partial charge in [0.1, 0.15) is 0 Å². The number of amides is 1. The first-order chi connectivity index (χ1) is 15.7. The van der Waals surface area contributed by atoms with Crippen molar-refractivity contribution in [3.63, 3.8) is 0 Å². The predicted molar refractivity (Wildman–Crippen MR) is 132 cm³/mol. The Morgan fingerprint density at radius 2 is 1.69 bits per heavy atom. The summed E-state index contributed by atoms with van der Waals surface area (Å²) in [4.78, 5) is 12.7. The number of rotatable bonds is 8. The number of carbonyl (C=O) groups is 1. The Hall–Kier alpha value is -3.35. The van der Waals surface area contributed by atoms with E-state index in [4.69, 9.17) is 11.6 Å². The molecule has 1 aromatic heterocycles. The lowest BCUT2D eigenvalue weighted by Gasteiger charge is -2.11. The van der Waals surface area contributed by atoms with Gasteiger partial charge < -0.3 is 5.32 Å². The molecule has 0 atom stereocenters. The first-order valence-electron chi connectivity index (χ1n) is 10.0. The highest BCUT2D eigenvalue weighted by atomic mass is 35.5. The monoisotopic (exact) mass is 460 g/mol. The zero-order valence-corrected chi connectivity index (χ0v) is 18.8. The number of hydrogen-bond acceptors (Lipinski definition) is 4. The van der Waals surface area contributed by atoms with E-state index < -0.39 is 0 Å². The fourth-order valence-corrected chi connectivity index (χ4v) is 4.15. The van der Waals surface area contributed by atoms with Gasteiger partial charge in [0.05, 0.1) is 5.75 Å². The van der Waals surface area contributed by atoms with E-state index in [2.05, 4.69) is 22.1 Å². The number of nitrogens with zero attached hydrogens (tertiary/aromatic N) is 3. The van der Waals surface area contributed by atoms with Gasteiger partial charge in [-0.2, -0.15) is 0 Å². The summed E-state index contributed by atoms with van der Waals surface area (Å²) in [5, 5.41) is 12.9. The Kier molecular flexibility index (Phi) is 7.04. The summed E-state index contributed by atoms with van der Waals surface area (Å²) in [7, 11) is 0. The van der Waals surface area contributed by atoms with Gasteiger partial charge in [0.25, 0.3) is 0 Å². The van der Waals surface area contributed by atoms with Crippen molar-refractivity contribution in [1.82, 2.24) is 14.8 Å². The van der Waals surface area contributed by atoms with E-state index >= 15 is 0 Å². The predicted octanol–water partition coefficient (Wildman–Crippen LogP) is 6.18. The summed E-state index contributed by atoms with van der Waals surface area (Å²) < 4.78 is 1.94. The molecule has 0 spiro atoms. The summed E-state index contributed by atoms with van der Waals surface area (Å²) in [6.45, 7) is 4.36. The zero-order chi connectivity index (χ0) is 22.3. The van der Waals surface area contributed by atoms with Gasteiger partial charge in [-0.1, -0.05) is 78.0 Å². The van der Waals surface area contributed by atoms with Crippen LogP contribution < -0.4 is 5.32 Å². The number of halogens is 1. The molecule has 0 radical (unpaired) electrons. The molecular formula is C25H21ClN4OS. The molecule has 1 heterocycles. The van der Waals surface area contributed by atoms with Crippen LogP contribution in [-0.4, -0.2) is 26.4 Å². The molecule has 4 aromatic rings. The average molecular weight is 461 g/mol. The Morgan fingerprint density at radius 1 is 0.969 bits per heavy atom. The van der Waals surface area contributed by atoms with Gasteiger partial charge in [0.15, 0.2) is 11.0 Å². The highest BCUT2D eigenvalue weighted by molar-refractivity contribution is 7.99. The molecule has 4 rings (SSSR count). The van der Waals surface area contributed by atoms with Gasteiger partial charge in [-0.15, -0.1) is 16.8 Å². The number of hydrogen-bond donors (Lipinski definition) is 1. The van der Waals surface area contributed by atoms with Crippen LogP contribution in [0.3, 0.4) is 0 Å². The van der Waals surface area contributed by atoms with E-state index in [-0.39, 0.29) is 11.7 Å². The molecule has 0 fully saturated rings. The minimum atomic E-state index is -0.112. The lowest BCUT2D eigenvalue weighted by atomic mass is 10.0. The molecule has 0 saturated heterocycles. The van der Waals surface area contributed by atoms with Crippen molar-refractivity contribution in [2.24, 2.45) is 0 Å². The quantitative estimate of drug-likeness (QED) is 0.252. The number of nitrogens with one attached hydrogen (secondary N) is 1. The van der Waals surface area contributed by atoms with E-state index in [0.29, 0.717) is 22.5 Å². The van der Waals surface area contributed by atoms with Gasteiger partial charge in [-0.3, -0.25) is 9.36 Å². The van der Waals surface area contributed by atoms with Crippen molar-refractivity contribution in [2.75, 3.05) is 11.1 Å². The van der Waals surface area contributed by atoms with E-state index in [1.807, 2.05) is 83.4 Å². The number of aromatic nitrogens is 3. The number of benzene rings is 3. The maximum absolute atomic E-state index is 12.7. The summed E-state index contributed by atoms with van der Waals surface area (Å²) in [6.07, 6.45) is 1.78. The van der Waals surface area contributed by atoms with Crippen LogP contribution in [0.15, 0.2) is 96.7 Å². The van der Waals surface area contributed by atoms with Crippen LogP contribution in [0.1, 0.15) is 0 Å². The number of anilines is 1. The fourth-order valence-electron chi connectivity index (χ4n) is 3.28. The molecule has 5 nitrogen and oxygen atoms in total. The van der Waals surface area contributed by atoms with Gasteiger partial charge in [-0.25, -0.2) is 0 Å². The lowest BCUT2D eigenvalue weighted by Crippen LogP contribution is -2.15. The molecule has 32 heavy (non-hydrogen) atoms. The number of thioether (sulfide) groups is 1. The van der Waals surface area contributed by atoms with Crippen molar-refractivity contribution in [1.29, 1.82) is 0 Å². The minimum Gasteiger partial charge on any atom is -0.325 e. The van der Waals surface area contributed by atoms with Crippen molar-refractivity contribution in [2.45, 2.75) is 11.7 Å². The second kappa shape index (κ2) is 10.3. The van der Waals surface area contributed by atoms with Crippen molar-refractivity contribution >= 4 is 35.0 Å². The fraction of sp³-hybridized carbons (Fsp3) is 0.0800. The molecule has 1 N–H and O–H groups in total. The van der Waals surface area contributed by atoms with Crippen LogP contribution in [0.2, 0.25) is 5.02 Å². The molecule has 0 unspecified atom stereocenters. The molecule has 160 valence electrons. The van der Waals surface area contributed by atoms with E-state index in [1.54, 1.807) is 6.08 Å². The number of allylic oxidation sites excluding steroid dienone is 1. The highest BCUT2D eigenvalue weighted by Crippen LogP contribution is 2.29.